The molecule has 3 N–H and O–H groups in total. The molecule has 0 spiro atoms. The second kappa shape index (κ2) is 10.8. The van der Waals surface area contributed by atoms with E-state index in [1.807, 2.05) is 0 Å². The standard InChI is InChI=1S/C21H19ClN4O6S/c1-31-19-5-3-2-4-18(19)25-20(27)21(28)26-23-12-15-8-9-16(32-15)13-24-33(29,30)17-10-6-14(22)7-11-17/h2-12,24H,13H2,1H3,(H,25,27)(H,26,28)/b23-12+. The Morgan fingerprint density at radius 3 is 2.52 bits per heavy atom. The SMILES string of the molecule is COc1ccccc1NC(=O)C(=O)N/N=C/c1ccc(CNS(=O)(=O)c2ccc(Cl)cc2)o1. The zero-order valence-corrected chi connectivity index (χ0v) is 18.8. The third kappa shape index (κ3) is 6.65. The van der Waals surface area contributed by atoms with E-state index in [-0.39, 0.29) is 17.2 Å². The molecular weight excluding hydrogens is 472 g/mol. The minimum Gasteiger partial charge on any atom is -0.495 e. The summed E-state index contributed by atoms with van der Waals surface area (Å²) in [6.45, 7) is -0.105. The molecule has 0 bridgehead atoms. The predicted octanol–water partition coefficient (Wildman–Crippen LogP) is 2.51. The highest BCUT2D eigenvalue weighted by Gasteiger charge is 2.16. The molecule has 2 amide bonds. The van der Waals surface area contributed by atoms with Gasteiger partial charge >= 0.3 is 11.8 Å². The maximum Gasteiger partial charge on any atom is 0.329 e. The molecule has 0 atom stereocenters. The summed E-state index contributed by atoms with van der Waals surface area (Å²) in [7, 11) is -2.31. The number of benzene rings is 2. The lowest BCUT2D eigenvalue weighted by molar-refractivity contribution is -0.136. The second-order valence-electron chi connectivity index (χ2n) is 6.44. The van der Waals surface area contributed by atoms with Gasteiger partial charge in [-0.1, -0.05) is 23.7 Å². The number of methoxy groups -OCH3 is 1. The molecule has 0 unspecified atom stereocenters. The minimum absolute atomic E-state index is 0.0642. The quantitative estimate of drug-likeness (QED) is 0.252. The van der Waals surface area contributed by atoms with Crippen molar-refractivity contribution in [2.24, 2.45) is 5.10 Å². The number of nitrogens with one attached hydrogen (secondary N) is 3. The fourth-order valence-corrected chi connectivity index (χ4v) is 3.67. The molecule has 0 fully saturated rings. The number of amides is 2. The number of para-hydroxylation sites is 2. The topological polar surface area (TPSA) is 139 Å². The Bertz CT molecular complexity index is 1270. The van der Waals surface area contributed by atoms with Gasteiger partial charge in [0.25, 0.3) is 0 Å². The van der Waals surface area contributed by atoms with E-state index >= 15 is 0 Å². The van der Waals surface area contributed by atoms with Crippen molar-refractivity contribution in [1.82, 2.24) is 10.1 Å². The van der Waals surface area contributed by atoms with Crippen molar-refractivity contribution in [3.63, 3.8) is 0 Å². The molecule has 2 aromatic carbocycles. The summed E-state index contributed by atoms with van der Waals surface area (Å²) in [4.78, 5) is 24.0. The highest BCUT2D eigenvalue weighted by Crippen LogP contribution is 2.22. The van der Waals surface area contributed by atoms with Gasteiger partial charge in [-0.3, -0.25) is 9.59 Å². The van der Waals surface area contributed by atoms with Gasteiger partial charge in [0.15, 0.2) is 0 Å². The van der Waals surface area contributed by atoms with Crippen molar-refractivity contribution in [3.8, 4) is 5.75 Å². The average Bonchev–Trinajstić information content (AvgIpc) is 3.26. The van der Waals surface area contributed by atoms with Crippen molar-refractivity contribution >= 4 is 45.3 Å². The van der Waals surface area contributed by atoms with Gasteiger partial charge in [0.2, 0.25) is 10.0 Å². The van der Waals surface area contributed by atoms with Crippen LogP contribution in [0.5, 0.6) is 5.75 Å². The number of furan rings is 1. The Hall–Kier alpha value is -3.67. The third-order valence-electron chi connectivity index (χ3n) is 4.16. The van der Waals surface area contributed by atoms with E-state index in [0.717, 1.165) is 0 Å². The van der Waals surface area contributed by atoms with Crippen LogP contribution in [-0.2, 0) is 26.2 Å². The Kier molecular flexibility index (Phi) is 7.83. The average molecular weight is 491 g/mol. The van der Waals surface area contributed by atoms with Gasteiger partial charge in [0, 0.05) is 5.02 Å². The summed E-state index contributed by atoms with van der Waals surface area (Å²) in [5.41, 5.74) is 2.41. The number of sulfonamides is 1. The molecule has 10 nitrogen and oxygen atoms in total. The Balaban J connectivity index is 1.51. The lowest BCUT2D eigenvalue weighted by atomic mass is 10.3. The highest BCUT2D eigenvalue weighted by molar-refractivity contribution is 7.89. The molecule has 3 aromatic rings. The number of ether oxygens (including phenoxy) is 1. The van der Waals surface area contributed by atoms with Crippen LogP contribution in [0.25, 0.3) is 0 Å². The van der Waals surface area contributed by atoms with E-state index in [1.54, 1.807) is 30.3 Å². The first-order chi connectivity index (χ1) is 15.8. The van der Waals surface area contributed by atoms with Gasteiger partial charge in [-0.05, 0) is 48.5 Å². The van der Waals surface area contributed by atoms with Gasteiger partial charge in [-0.15, -0.1) is 0 Å². The maximum atomic E-state index is 12.3. The minimum atomic E-state index is -3.75. The van der Waals surface area contributed by atoms with Gasteiger partial charge in [0.05, 0.1) is 30.5 Å². The number of hydrogen-bond acceptors (Lipinski definition) is 7. The molecular formula is C21H19ClN4O6S. The molecule has 12 heteroatoms. The van der Waals surface area contributed by atoms with Gasteiger partial charge in [0.1, 0.15) is 17.3 Å². The van der Waals surface area contributed by atoms with Crippen LogP contribution < -0.4 is 20.2 Å². The van der Waals surface area contributed by atoms with Crippen molar-refractivity contribution in [3.05, 3.63) is 77.2 Å². The highest BCUT2D eigenvalue weighted by atomic mass is 35.5. The Labute approximate surface area is 194 Å². The molecule has 0 aliphatic rings. The Morgan fingerprint density at radius 2 is 1.79 bits per heavy atom. The number of carbonyl (C=O) groups is 2. The summed E-state index contributed by atoms with van der Waals surface area (Å²) in [5.74, 6) is -0.986. The lowest BCUT2D eigenvalue weighted by Crippen LogP contribution is -2.32. The maximum absolute atomic E-state index is 12.3. The van der Waals surface area contributed by atoms with E-state index in [9.17, 15) is 18.0 Å². The molecule has 172 valence electrons. The molecule has 3 rings (SSSR count). The monoisotopic (exact) mass is 490 g/mol. The number of nitrogens with zero attached hydrogens (tertiary/aromatic N) is 1. The van der Waals surface area contributed by atoms with Gasteiger partial charge in [-0.2, -0.15) is 5.10 Å². The summed E-state index contributed by atoms with van der Waals surface area (Å²) < 4.78 is 37.5. The second-order valence-corrected chi connectivity index (χ2v) is 8.64. The van der Waals surface area contributed by atoms with E-state index in [4.69, 9.17) is 20.8 Å². The molecule has 1 aromatic heterocycles. The molecule has 0 saturated heterocycles. The van der Waals surface area contributed by atoms with E-state index in [1.165, 1.54) is 43.7 Å². The van der Waals surface area contributed by atoms with Gasteiger partial charge in [-0.25, -0.2) is 18.6 Å². The number of hydrazone groups is 1. The third-order valence-corrected chi connectivity index (χ3v) is 5.83. The zero-order valence-electron chi connectivity index (χ0n) is 17.2. The molecule has 0 aliphatic carbocycles. The van der Waals surface area contributed by atoms with Crippen molar-refractivity contribution in [2.45, 2.75) is 11.4 Å². The number of rotatable bonds is 8. The number of carbonyl (C=O) groups excluding carboxylic acids is 2. The van der Waals surface area contributed by atoms with Crippen molar-refractivity contribution in [1.29, 1.82) is 0 Å². The van der Waals surface area contributed by atoms with Crippen LogP contribution in [0.1, 0.15) is 11.5 Å². The van der Waals surface area contributed by atoms with Crippen LogP contribution in [0.15, 0.2) is 75.1 Å². The smallest absolute Gasteiger partial charge is 0.329 e. The van der Waals surface area contributed by atoms with E-state index < -0.39 is 21.8 Å². The molecule has 33 heavy (non-hydrogen) atoms. The Morgan fingerprint density at radius 1 is 1.06 bits per heavy atom. The number of anilines is 1. The van der Waals surface area contributed by atoms with Crippen molar-refractivity contribution in [2.75, 3.05) is 12.4 Å². The normalized spacial score (nSPS) is 11.3. The zero-order chi connectivity index (χ0) is 23.8. The van der Waals surface area contributed by atoms with Gasteiger partial charge < -0.3 is 14.5 Å². The summed E-state index contributed by atoms with van der Waals surface area (Å²) in [6.07, 6.45) is 1.17. The van der Waals surface area contributed by atoms with Crippen LogP contribution >= 0.6 is 11.6 Å². The summed E-state index contributed by atoms with van der Waals surface area (Å²) in [5, 5.41) is 6.50. The van der Waals surface area contributed by atoms with Crippen LogP contribution in [-0.4, -0.2) is 33.6 Å². The van der Waals surface area contributed by atoms with Crippen molar-refractivity contribution < 1.29 is 27.2 Å². The first kappa shape index (κ1) is 24.0. The molecule has 0 aliphatic heterocycles. The first-order valence-corrected chi connectivity index (χ1v) is 11.3. The predicted molar refractivity (Wildman–Crippen MR) is 122 cm³/mol. The first-order valence-electron chi connectivity index (χ1n) is 9.40. The lowest BCUT2D eigenvalue weighted by Gasteiger charge is -2.08. The van der Waals surface area contributed by atoms with E-state index in [0.29, 0.717) is 22.2 Å². The number of halogens is 1. The molecule has 0 radical (unpaired) electrons. The summed E-state index contributed by atoms with van der Waals surface area (Å²) >= 11 is 5.77. The largest absolute Gasteiger partial charge is 0.495 e. The van der Waals surface area contributed by atoms with Crippen LogP contribution in [0, 0.1) is 0 Å². The fourth-order valence-electron chi connectivity index (χ4n) is 2.55. The van der Waals surface area contributed by atoms with Crippen LogP contribution in [0.3, 0.4) is 0 Å². The van der Waals surface area contributed by atoms with Crippen LogP contribution in [0.4, 0.5) is 5.69 Å². The number of hydrogen-bond donors (Lipinski definition) is 3. The van der Waals surface area contributed by atoms with Crippen LogP contribution in [0.2, 0.25) is 5.02 Å². The summed E-state index contributed by atoms with van der Waals surface area (Å²) in [6, 6.07) is 15.4. The fraction of sp³-hybridized carbons (Fsp3) is 0.0952. The van der Waals surface area contributed by atoms with E-state index in [2.05, 4.69) is 20.6 Å². The molecule has 0 saturated carbocycles. The molecule has 1 heterocycles.